The highest BCUT2D eigenvalue weighted by atomic mass is 31.2. The second kappa shape index (κ2) is 65.8. The molecule has 0 aliphatic rings. The Labute approximate surface area is 499 Å². The Balaban J connectivity index is 3.97. The molecule has 0 radical (unpaired) electrons. The quantitative estimate of drug-likeness (QED) is 0.0264. The van der Waals surface area contributed by atoms with Crippen molar-refractivity contribution in [1.82, 2.24) is 0 Å². The van der Waals surface area contributed by atoms with Crippen molar-refractivity contribution in [1.29, 1.82) is 0 Å². The fourth-order valence-electron chi connectivity index (χ4n) is 9.24. The first-order valence-electron chi connectivity index (χ1n) is 33.4. The van der Waals surface area contributed by atoms with E-state index in [4.69, 9.17) is 24.3 Å². The van der Waals surface area contributed by atoms with Crippen molar-refractivity contribution >= 4 is 19.8 Å². The van der Waals surface area contributed by atoms with E-state index in [2.05, 4.69) is 123 Å². The number of nitrogens with two attached hydrogens (primary N) is 1. The lowest BCUT2D eigenvalue weighted by molar-refractivity contribution is -0.161. The first kappa shape index (κ1) is 77.7. The normalized spacial score (nSPS) is 13.7. The van der Waals surface area contributed by atoms with Crippen LogP contribution >= 0.6 is 7.82 Å². The Morgan fingerprint density at radius 3 is 1.02 bits per heavy atom. The molecule has 0 heterocycles. The Morgan fingerprint density at radius 2 is 0.679 bits per heavy atom. The fourth-order valence-corrected chi connectivity index (χ4v) is 10.0. The summed E-state index contributed by atoms with van der Waals surface area (Å²) in [6.45, 7) is 3.64. The highest BCUT2D eigenvalue weighted by Gasteiger charge is 2.26. The number of phosphoric acid groups is 1. The van der Waals surface area contributed by atoms with Crippen molar-refractivity contribution in [3.63, 3.8) is 0 Å². The van der Waals surface area contributed by atoms with Crippen molar-refractivity contribution < 1.29 is 37.6 Å². The molecule has 0 rings (SSSR count). The van der Waals surface area contributed by atoms with Crippen LogP contribution in [0.1, 0.15) is 296 Å². The summed E-state index contributed by atoms with van der Waals surface area (Å²) in [7, 11) is -4.40. The van der Waals surface area contributed by atoms with E-state index in [1.165, 1.54) is 154 Å². The number of hydrogen-bond acceptors (Lipinski definition) is 8. The third-order valence-electron chi connectivity index (χ3n) is 14.1. The minimum Gasteiger partial charge on any atom is -0.462 e. The van der Waals surface area contributed by atoms with Gasteiger partial charge in [-0.1, -0.05) is 290 Å². The summed E-state index contributed by atoms with van der Waals surface area (Å²) in [4.78, 5) is 35.3. The number of carbonyl (C=O) groups is 2. The van der Waals surface area contributed by atoms with Gasteiger partial charge in [-0.3, -0.25) is 18.6 Å². The number of unbranched alkanes of at least 4 members (excludes halogenated alkanes) is 31. The third kappa shape index (κ3) is 65.7. The van der Waals surface area contributed by atoms with Crippen LogP contribution in [0.15, 0.2) is 109 Å². The molecule has 3 N–H and O–H groups in total. The lowest BCUT2D eigenvalue weighted by Gasteiger charge is -2.19. The van der Waals surface area contributed by atoms with Crippen molar-refractivity contribution in [3.8, 4) is 0 Å². The van der Waals surface area contributed by atoms with Crippen LogP contribution in [0.4, 0.5) is 0 Å². The summed E-state index contributed by atoms with van der Waals surface area (Å²) in [6, 6.07) is 0. The summed E-state index contributed by atoms with van der Waals surface area (Å²) in [5.41, 5.74) is 5.40. The van der Waals surface area contributed by atoms with E-state index < -0.39 is 26.5 Å². The van der Waals surface area contributed by atoms with Gasteiger partial charge in [0.1, 0.15) is 6.61 Å². The molecule has 0 aliphatic heterocycles. The van der Waals surface area contributed by atoms with E-state index in [1.54, 1.807) is 0 Å². The number of hydrogen-bond donors (Lipinski definition) is 2. The van der Waals surface area contributed by atoms with Crippen LogP contribution in [0.3, 0.4) is 0 Å². The highest BCUT2D eigenvalue weighted by Crippen LogP contribution is 2.43. The van der Waals surface area contributed by atoms with Gasteiger partial charge in [0.15, 0.2) is 6.10 Å². The third-order valence-corrected chi connectivity index (χ3v) is 15.1. The number of allylic oxidation sites excluding steroid dienone is 18. The topological polar surface area (TPSA) is 134 Å². The van der Waals surface area contributed by atoms with Crippen molar-refractivity contribution in [2.45, 2.75) is 302 Å². The molecule has 2 unspecified atom stereocenters. The highest BCUT2D eigenvalue weighted by molar-refractivity contribution is 7.47. The van der Waals surface area contributed by atoms with Crippen LogP contribution in [0, 0.1) is 0 Å². The molecule has 10 heteroatoms. The number of esters is 2. The van der Waals surface area contributed by atoms with E-state index in [9.17, 15) is 19.0 Å². The van der Waals surface area contributed by atoms with Gasteiger partial charge in [0.2, 0.25) is 0 Å². The monoisotopic (exact) mass is 1150 g/mol. The van der Waals surface area contributed by atoms with Gasteiger partial charge < -0.3 is 20.1 Å². The summed E-state index contributed by atoms with van der Waals surface area (Å²) in [6.07, 6.45) is 90.2. The van der Waals surface area contributed by atoms with Gasteiger partial charge in [0.05, 0.1) is 13.2 Å². The molecule has 0 amide bonds. The lowest BCUT2D eigenvalue weighted by Crippen LogP contribution is -2.29. The number of ether oxygens (including phenoxy) is 2. The van der Waals surface area contributed by atoms with E-state index in [0.717, 1.165) is 109 Å². The minimum absolute atomic E-state index is 0.0464. The lowest BCUT2D eigenvalue weighted by atomic mass is 10.0. The Kier molecular flexibility index (Phi) is 63.1. The average molecular weight is 1150 g/mol. The molecule has 0 aromatic carbocycles. The molecule has 0 aliphatic carbocycles. The van der Waals surface area contributed by atoms with Crippen molar-refractivity contribution in [2.24, 2.45) is 5.73 Å². The second-order valence-electron chi connectivity index (χ2n) is 22.0. The molecule has 0 fully saturated rings. The molecule has 0 saturated heterocycles. The van der Waals surface area contributed by atoms with Gasteiger partial charge in [0, 0.05) is 19.4 Å². The molecular formula is C71H124NO8P. The summed E-state index contributed by atoms with van der Waals surface area (Å²) >= 11 is 0. The number of carbonyl (C=O) groups excluding carboxylic acids is 2. The summed E-state index contributed by atoms with van der Waals surface area (Å²) in [5, 5.41) is 0. The fraction of sp³-hybridized carbons (Fsp3) is 0.718. The molecule has 0 aromatic heterocycles. The molecule has 0 spiro atoms. The van der Waals surface area contributed by atoms with Crippen LogP contribution in [-0.4, -0.2) is 49.3 Å². The van der Waals surface area contributed by atoms with E-state index in [-0.39, 0.29) is 38.6 Å². The smallest absolute Gasteiger partial charge is 0.462 e. The predicted octanol–water partition coefficient (Wildman–Crippen LogP) is 21.7. The minimum atomic E-state index is -4.40. The largest absolute Gasteiger partial charge is 0.472 e. The molecule has 2 atom stereocenters. The zero-order valence-corrected chi connectivity index (χ0v) is 53.1. The first-order valence-corrected chi connectivity index (χ1v) is 34.9. The maximum atomic E-state index is 12.7. The molecule has 0 saturated carbocycles. The van der Waals surface area contributed by atoms with Gasteiger partial charge in [0.25, 0.3) is 0 Å². The predicted molar refractivity (Wildman–Crippen MR) is 348 cm³/mol. The molecular weight excluding hydrogens is 1030 g/mol. The van der Waals surface area contributed by atoms with E-state index in [0.29, 0.717) is 6.42 Å². The van der Waals surface area contributed by atoms with E-state index in [1.807, 2.05) is 0 Å². The van der Waals surface area contributed by atoms with E-state index >= 15 is 0 Å². The SMILES string of the molecule is CC/C=C\C/C=C\C/C=C\C/C=C\C/C=C\C/C=C\C/C=C\C/C=C\CCCCCCCCC(=O)OC(COC(=O)CCCCCCCCCCCCCCCCCCC/C=C\CCCCCCCCCC)COP(=O)(O)OCCN. The van der Waals surface area contributed by atoms with Crippen molar-refractivity contribution in [3.05, 3.63) is 109 Å². The van der Waals surface area contributed by atoms with Gasteiger partial charge in [-0.2, -0.15) is 0 Å². The standard InChI is InChI=1S/C71H124NO8P/c1-3-5-7-9-11-13-15-17-19-21-23-25-27-29-31-33-34-36-38-40-42-44-46-48-50-52-54-56-58-60-62-64-71(74)80-69(68-79-81(75,76)78-66-65-72)67-77-70(73)63-61-59-57-55-53-51-49-47-45-43-41-39-37-35-32-30-28-26-24-22-20-18-16-14-12-10-8-6-4-2/h5,7,11,13,17,19,22-25,29,31,34,36,40,42,46,48,69H,3-4,6,8-10,12,14-16,18,20-21,26-28,30,32-33,35,37-39,41,43-45,47,49-68,72H2,1-2H3,(H,75,76)/b7-5-,13-11-,19-17-,24-22-,25-23-,31-29-,36-34-,42-40-,48-46-. The maximum Gasteiger partial charge on any atom is 0.472 e. The Hall–Kier alpha value is -3.33. The molecule has 0 aromatic rings. The van der Waals surface area contributed by atoms with Crippen LogP contribution in [0.2, 0.25) is 0 Å². The molecule has 81 heavy (non-hydrogen) atoms. The Morgan fingerprint density at radius 1 is 0.383 bits per heavy atom. The van der Waals surface area contributed by atoms with Crippen LogP contribution in [0.5, 0.6) is 0 Å². The van der Waals surface area contributed by atoms with Gasteiger partial charge in [-0.25, -0.2) is 4.57 Å². The van der Waals surface area contributed by atoms with Gasteiger partial charge in [-0.15, -0.1) is 0 Å². The van der Waals surface area contributed by atoms with Crippen LogP contribution < -0.4 is 5.73 Å². The number of phosphoric ester groups is 1. The van der Waals surface area contributed by atoms with Crippen molar-refractivity contribution in [2.75, 3.05) is 26.4 Å². The zero-order chi connectivity index (χ0) is 58.7. The van der Waals surface area contributed by atoms with Gasteiger partial charge >= 0.3 is 19.8 Å². The molecule has 0 bridgehead atoms. The van der Waals surface area contributed by atoms with Crippen LogP contribution in [0.25, 0.3) is 0 Å². The first-order chi connectivity index (χ1) is 39.8. The Bertz CT molecular complexity index is 1690. The molecule has 466 valence electrons. The van der Waals surface area contributed by atoms with Gasteiger partial charge in [-0.05, 0) is 103 Å². The summed E-state index contributed by atoms with van der Waals surface area (Å²) in [5.74, 6) is -0.841. The average Bonchev–Trinajstić information content (AvgIpc) is 3.46. The summed E-state index contributed by atoms with van der Waals surface area (Å²) < 4.78 is 33.1. The second-order valence-corrected chi connectivity index (χ2v) is 23.4. The maximum absolute atomic E-state index is 12.7. The molecule has 9 nitrogen and oxygen atoms in total. The zero-order valence-electron chi connectivity index (χ0n) is 52.2. The number of rotatable bonds is 62. The van der Waals surface area contributed by atoms with Crippen LogP contribution in [-0.2, 0) is 32.7 Å².